The van der Waals surface area contributed by atoms with E-state index in [1.54, 1.807) is 48.2 Å². The molecule has 3 heterocycles. The molecule has 0 bridgehead atoms. The molecule has 0 atom stereocenters. The fraction of sp³-hybridized carbons (Fsp3) is 0.158. The van der Waals surface area contributed by atoms with Crippen molar-refractivity contribution in [1.82, 2.24) is 34.5 Å². The van der Waals surface area contributed by atoms with Gasteiger partial charge in [0.05, 0.1) is 30.2 Å². The molecule has 31 heavy (non-hydrogen) atoms. The van der Waals surface area contributed by atoms with Crippen LogP contribution in [0.2, 0.25) is 0 Å². The van der Waals surface area contributed by atoms with Crippen LogP contribution < -0.4 is 21.1 Å². The average Bonchev–Trinajstić information content (AvgIpc) is 3.35. The number of nitrogens with two attached hydrogens (primary N) is 1. The Labute approximate surface area is 177 Å². The topological polar surface area (TPSA) is 151 Å². The number of anilines is 4. The summed E-state index contributed by atoms with van der Waals surface area (Å²) < 4.78 is 8.84. The van der Waals surface area contributed by atoms with E-state index in [1.165, 1.54) is 13.3 Å². The first-order chi connectivity index (χ1) is 14.9. The highest BCUT2D eigenvalue weighted by Crippen LogP contribution is 2.36. The molecule has 4 aromatic rings. The predicted octanol–water partition coefficient (Wildman–Crippen LogP) is 1.60. The number of hydrogen-bond acceptors (Lipinski definition) is 9. The van der Waals surface area contributed by atoms with Gasteiger partial charge < -0.3 is 21.1 Å². The van der Waals surface area contributed by atoms with Gasteiger partial charge >= 0.3 is 0 Å². The molecule has 0 unspecified atom stereocenters. The number of primary amides is 1. The van der Waals surface area contributed by atoms with Crippen molar-refractivity contribution < 1.29 is 9.53 Å². The van der Waals surface area contributed by atoms with Crippen molar-refractivity contribution in [2.24, 2.45) is 19.8 Å². The first kappa shape index (κ1) is 19.8. The maximum atomic E-state index is 11.9. The van der Waals surface area contributed by atoms with E-state index in [9.17, 15) is 4.79 Å². The second-order valence-corrected chi connectivity index (χ2v) is 6.60. The fourth-order valence-corrected chi connectivity index (χ4v) is 2.95. The lowest BCUT2D eigenvalue weighted by Crippen LogP contribution is -2.16. The Balaban J connectivity index is 1.72. The Hall–Kier alpha value is -4.48. The van der Waals surface area contributed by atoms with Crippen LogP contribution in [0.1, 0.15) is 10.4 Å². The minimum absolute atomic E-state index is 0.125. The number of ether oxygens (including phenoxy) is 1. The molecule has 0 aliphatic carbocycles. The van der Waals surface area contributed by atoms with Gasteiger partial charge in [0.1, 0.15) is 17.7 Å². The number of nitrogens with one attached hydrogen (secondary N) is 2. The molecule has 158 valence electrons. The van der Waals surface area contributed by atoms with Crippen molar-refractivity contribution >= 4 is 29.0 Å². The van der Waals surface area contributed by atoms with Gasteiger partial charge in [-0.1, -0.05) is 6.07 Å². The van der Waals surface area contributed by atoms with E-state index in [-0.39, 0.29) is 17.3 Å². The van der Waals surface area contributed by atoms with Gasteiger partial charge in [-0.2, -0.15) is 15.2 Å². The van der Waals surface area contributed by atoms with Crippen LogP contribution in [-0.4, -0.2) is 47.5 Å². The zero-order valence-corrected chi connectivity index (χ0v) is 17.1. The highest BCUT2D eigenvalue weighted by Gasteiger charge is 2.18. The molecule has 0 aliphatic rings. The quantitative estimate of drug-likeness (QED) is 0.405. The summed E-state index contributed by atoms with van der Waals surface area (Å²) in [5.41, 5.74) is 7.58. The smallest absolute Gasteiger partial charge is 0.254 e. The number of para-hydroxylation sites is 1. The highest BCUT2D eigenvalue weighted by atomic mass is 16.5. The lowest BCUT2D eigenvalue weighted by atomic mass is 10.1. The Morgan fingerprint density at radius 1 is 1.13 bits per heavy atom. The maximum absolute atomic E-state index is 11.9. The zero-order chi connectivity index (χ0) is 22.0. The fourth-order valence-electron chi connectivity index (χ4n) is 2.95. The van der Waals surface area contributed by atoms with E-state index in [4.69, 9.17) is 10.5 Å². The van der Waals surface area contributed by atoms with Crippen molar-refractivity contribution in [3.8, 4) is 17.1 Å². The van der Waals surface area contributed by atoms with Gasteiger partial charge in [-0.15, -0.1) is 0 Å². The van der Waals surface area contributed by atoms with Crippen LogP contribution in [-0.2, 0) is 14.1 Å². The number of aromatic nitrogens is 7. The summed E-state index contributed by atoms with van der Waals surface area (Å²) in [7, 11) is 5.12. The molecule has 3 aromatic heterocycles. The van der Waals surface area contributed by atoms with Gasteiger partial charge in [0.25, 0.3) is 5.91 Å². The average molecular weight is 420 g/mol. The van der Waals surface area contributed by atoms with Gasteiger partial charge in [-0.25, -0.2) is 9.97 Å². The highest BCUT2D eigenvalue weighted by molar-refractivity contribution is 5.98. The SMILES string of the molecule is COc1c(Nc2nc(Nc3cnn(C)c3)ncc2C(N)=O)cccc1-c1ncn(C)n1. The van der Waals surface area contributed by atoms with Crippen LogP contribution in [0.15, 0.2) is 43.1 Å². The minimum Gasteiger partial charge on any atom is -0.494 e. The Morgan fingerprint density at radius 3 is 2.61 bits per heavy atom. The normalized spacial score (nSPS) is 10.7. The number of methoxy groups -OCH3 is 1. The number of amides is 1. The van der Waals surface area contributed by atoms with Crippen molar-refractivity contribution in [2.75, 3.05) is 17.7 Å². The first-order valence-electron chi connectivity index (χ1n) is 9.17. The zero-order valence-electron chi connectivity index (χ0n) is 17.1. The van der Waals surface area contributed by atoms with Crippen molar-refractivity contribution in [2.45, 2.75) is 0 Å². The predicted molar refractivity (Wildman–Crippen MR) is 113 cm³/mol. The Morgan fingerprint density at radius 2 is 1.97 bits per heavy atom. The number of aryl methyl sites for hydroxylation is 2. The second-order valence-electron chi connectivity index (χ2n) is 6.60. The van der Waals surface area contributed by atoms with Gasteiger partial charge in [-0.3, -0.25) is 14.2 Å². The molecule has 1 amide bonds. The Bertz CT molecular complexity index is 1250. The van der Waals surface area contributed by atoms with Crippen LogP contribution in [0.25, 0.3) is 11.4 Å². The monoisotopic (exact) mass is 420 g/mol. The third-order valence-electron chi connectivity index (χ3n) is 4.33. The van der Waals surface area contributed by atoms with E-state index >= 15 is 0 Å². The Kier molecular flexibility index (Phi) is 5.18. The first-order valence-corrected chi connectivity index (χ1v) is 9.17. The number of nitrogens with zero attached hydrogens (tertiary/aromatic N) is 7. The van der Waals surface area contributed by atoms with E-state index in [2.05, 4.69) is 35.8 Å². The summed E-state index contributed by atoms with van der Waals surface area (Å²) in [5, 5.41) is 14.6. The summed E-state index contributed by atoms with van der Waals surface area (Å²) in [5.74, 6) is 0.807. The van der Waals surface area contributed by atoms with E-state index in [1.807, 2.05) is 12.1 Å². The summed E-state index contributed by atoms with van der Waals surface area (Å²) in [6.45, 7) is 0. The van der Waals surface area contributed by atoms with Gasteiger partial charge in [0.15, 0.2) is 11.6 Å². The standard InChI is InChI=1S/C19H20N10O2/c1-28-9-11(7-23-28)24-19-21-8-13(16(20)30)18(26-19)25-14-6-4-5-12(15(14)31-3)17-22-10-29(2)27-17/h4-10H,1-3H3,(H2,20,30)(H2,21,24,25,26). The molecule has 1 aromatic carbocycles. The largest absolute Gasteiger partial charge is 0.494 e. The van der Waals surface area contributed by atoms with Crippen molar-refractivity contribution in [1.29, 1.82) is 0 Å². The lowest BCUT2D eigenvalue weighted by molar-refractivity contribution is 0.100. The molecule has 4 rings (SSSR count). The molecule has 0 fully saturated rings. The second kappa shape index (κ2) is 8.10. The third-order valence-corrected chi connectivity index (χ3v) is 4.33. The lowest BCUT2D eigenvalue weighted by Gasteiger charge is -2.15. The molecule has 12 heteroatoms. The number of hydrogen-bond donors (Lipinski definition) is 3. The molecule has 0 spiro atoms. The van der Waals surface area contributed by atoms with E-state index in [0.29, 0.717) is 28.5 Å². The number of benzene rings is 1. The molecular formula is C19H20N10O2. The molecule has 0 saturated carbocycles. The van der Waals surface area contributed by atoms with Gasteiger partial charge in [0.2, 0.25) is 5.95 Å². The van der Waals surface area contributed by atoms with Crippen molar-refractivity contribution in [3.05, 3.63) is 48.7 Å². The molecular weight excluding hydrogens is 400 g/mol. The number of rotatable bonds is 7. The van der Waals surface area contributed by atoms with Gasteiger partial charge in [0, 0.05) is 26.5 Å². The molecule has 4 N–H and O–H groups in total. The van der Waals surface area contributed by atoms with Crippen molar-refractivity contribution in [3.63, 3.8) is 0 Å². The molecule has 0 radical (unpaired) electrons. The minimum atomic E-state index is -0.669. The van der Waals surface area contributed by atoms with Crippen LogP contribution in [0.4, 0.5) is 23.1 Å². The molecule has 12 nitrogen and oxygen atoms in total. The maximum Gasteiger partial charge on any atom is 0.254 e. The van der Waals surface area contributed by atoms with Crippen LogP contribution >= 0.6 is 0 Å². The van der Waals surface area contributed by atoms with Gasteiger partial charge in [-0.05, 0) is 12.1 Å². The number of carbonyl (C=O) groups excluding carboxylic acids is 1. The third kappa shape index (κ3) is 4.12. The van der Waals surface area contributed by atoms with Crippen LogP contribution in [0.5, 0.6) is 5.75 Å². The summed E-state index contributed by atoms with van der Waals surface area (Å²) in [4.78, 5) is 24.8. The van der Waals surface area contributed by atoms with Crippen LogP contribution in [0, 0.1) is 0 Å². The summed E-state index contributed by atoms with van der Waals surface area (Å²) in [6, 6.07) is 5.44. The number of carbonyl (C=O) groups is 1. The summed E-state index contributed by atoms with van der Waals surface area (Å²) in [6.07, 6.45) is 6.35. The molecule has 0 aliphatic heterocycles. The molecule has 0 saturated heterocycles. The van der Waals surface area contributed by atoms with Crippen LogP contribution in [0.3, 0.4) is 0 Å². The van der Waals surface area contributed by atoms with E-state index in [0.717, 1.165) is 0 Å². The summed E-state index contributed by atoms with van der Waals surface area (Å²) >= 11 is 0. The van der Waals surface area contributed by atoms with E-state index < -0.39 is 5.91 Å².